The minimum absolute atomic E-state index is 0.147. The van der Waals surface area contributed by atoms with Crippen LogP contribution in [0.15, 0.2) is 30.3 Å². The molecule has 0 N–H and O–H groups in total. The number of aromatic nitrogens is 2. The lowest BCUT2D eigenvalue weighted by atomic mass is 10.1. The highest BCUT2D eigenvalue weighted by Crippen LogP contribution is 2.24. The van der Waals surface area contributed by atoms with E-state index in [0.717, 1.165) is 56.7 Å². The van der Waals surface area contributed by atoms with Crippen molar-refractivity contribution < 1.29 is 4.39 Å². The SMILES string of the molecule is Cc1cc(N2CCN(c3ccccc3F)CC2)nc(N2CCCCC2)n1. The van der Waals surface area contributed by atoms with Gasteiger partial charge in [-0.15, -0.1) is 0 Å². The molecule has 0 radical (unpaired) electrons. The molecule has 2 fully saturated rings. The monoisotopic (exact) mass is 355 g/mol. The van der Waals surface area contributed by atoms with Crippen LogP contribution in [0.3, 0.4) is 0 Å². The van der Waals surface area contributed by atoms with Crippen molar-refractivity contribution in [2.75, 3.05) is 54.0 Å². The summed E-state index contributed by atoms with van der Waals surface area (Å²) < 4.78 is 14.0. The first-order chi connectivity index (χ1) is 12.7. The van der Waals surface area contributed by atoms with E-state index in [-0.39, 0.29) is 5.82 Å². The predicted octanol–water partition coefficient (Wildman–Crippen LogP) is 3.24. The molecule has 1 aromatic heterocycles. The van der Waals surface area contributed by atoms with Gasteiger partial charge >= 0.3 is 0 Å². The number of anilines is 3. The van der Waals surface area contributed by atoms with E-state index in [1.807, 2.05) is 19.1 Å². The van der Waals surface area contributed by atoms with Crippen LogP contribution in [0.1, 0.15) is 25.0 Å². The van der Waals surface area contributed by atoms with Crippen LogP contribution < -0.4 is 14.7 Å². The third-order valence-electron chi connectivity index (χ3n) is 5.26. The summed E-state index contributed by atoms with van der Waals surface area (Å²) in [4.78, 5) is 16.2. The lowest BCUT2D eigenvalue weighted by Gasteiger charge is -2.37. The average molecular weight is 355 g/mol. The van der Waals surface area contributed by atoms with Crippen molar-refractivity contribution in [2.24, 2.45) is 0 Å². The highest BCUT2D eigenvalue weighted by atomic mass is 19.1. The normalized spacial score (nSPS) is 18.3. The summed E-state index contributed by atoms with van der Waals surface area (Å²) in [5.74, 6) is 1.70. The Labute approximate surface area is 154 Å². The zero-order valence-corrected chi connectivity index (χ0v) is 15.4. The van der Waals surface area contributed by atoms with Crippen LogP contribution in [0, 0.1) is 12.7 Å². The largest absolute Gasteiger partial charge is 0.366 e. The Morgan fingerprint density at radius 1 is 0.808 bits per heavy atom. The number of hydrogen-bond acceptors (Lipinski definition) is 5. The highest BCUT2D eigenvalue weighted by Gasteiger charge is 2.22. The van der Waals surface area contributed by atoms with Crippen LogP contribution in [0.2, 0.25) is 0 Å². The summed E-state index contributed by atoms with van der Waals surface area (Å²) in [5, 5.41) is 0. The Balaban J connectivity index is 1.47. The summed E-state index contributed by atoms with van der Waals surface area (Å²) in [5.41, 5.74) is 1.70. The number of hydrogen-bond donors (Lipinski definition) is 0. The maximum atomic E-state index is 14.0. The molecule has 4 rings (SSSR count). The standard InChI is InChI=1S/C20H26FN5/c1-16-15-19(23-20(22-16)26-9-5-2-6-10-26)25-13-11-24(12-14-25)18-8-4-3-7-17(18)21/h3-4,7-8,15H,2,5-6,9-14H2,1H3. The Morgan fingerprint density at radius 3 is 2.23 bits per heavy atom. The first-order valence-electron chi connectivity index (χ1n) is 9.56. The molecule has 5 nitrogen and oxygen atoms in total. The Bertz CT molecular complexity index is 752. The molecule has 2 saturated heterocycles. The lowest BCUT2D eigenvalue weighted by molar-refractivity contribution is 0.566. The second kappa shape index (κ2) is 7.48. The van der Waals surface area contributed by atoms with Gasteiger partial charge in [-0.2, -0.15) is 4.98 Å². The quantitative estimate of drug-likeness (QED) is 0.845. The summed E-state index contributed by atoms with van der Waals surface area (Å²) in [7, 11) is 0. The average Bonchev–Trinajstić information content (AvgIpc) is 2.69. The van der Waals surface area contributed by atoms with E-state index in [2.05, 4.69) is 25.8 Å². The number of piperidine rings is 1. The van der Waals surface area contributed by atoms with Gasteiger partial charge in [0.15, 0.2) is 0 Å². The van der Waals surface area contributed by atoms with Crippen molar-refractivity contribution in [3.63, 3.8) is 0 Å². The van der Waals surface area contributed by atoms with Gasteiger partial charge in [0.25, 0.3) is 0 Å². The van der Waals surface area contributed by atoms with E-state index in [9.17, 15) is 4.39 Å². The van der Waals surface area contributed by atoms with Crippen LogP contribution in [0.5, 0.6) is 0 Å². The third kappa shape index (κ3) is 3.59. The number of nitrogens with zero attached hydrogens (tertiary/aromatic N) is 5. The summed E-state index contributed by atoms with van der Waals surface area (Å²) in [6, 6.07) is 9.07. The number of benzene rings is 1. The van der Waals surface area contributed by atoms with E-state index in [4.69, 9.17) is 4.98 Å². The smallest absolute Gasteiger partial charge is 0.227 e. The molecule has 3 heterocycles. The molecule has 2 aliphatic rings. The van der Waals surface area contributed by atoms with Gasteiger partial charge in [-0.1, -0.05) is 12.1 Å². The van der Waals surface area contributed by atoms with Crippen molar-refractivity contribution in [1.82, 2.24) is 9.97 Å². The van der Waals surface area contributed by atoms with E-state index >= 15 is 0 Å². The molecule has 6 heteroatoms. The maximum absolute atomic E-state index is 14.0. The zero-order valence-electron chi connectivity index (χ0n) is 15.4. The van der Waals surface area contributed by atoms with Gasteiger partial charge in [0, 0.05) is 51.0 Å². The molecule has 0 amide bonds. The van der Waals surface area contributed by atoms with Crippen molar-refractivity contribution in [3.05, 3.63) is 41.8 Å². The fourth-order valence-electron chi connectivity index (χ4n) is 3.82. The highest BCUT2D eigenvalue weighted by molar-refractivity contribution is 5.51. The van der Waals surface area contributed by atoms with E-state index < -0.39 is 0 Å². The Hall–Kier alpha value is -2.37. The second-order valence-corrected chi connectivity index (χ2v) is 7.14. The van der Waals surface area contributed by atoms with Gasteiger partial charge in [0.2, 0.25) is 5.95 Å². The lowest BCUT2D eigenvalue weighted by Crippen LogP contribution is -2.47. The molecule has 0 aliphatic carbocycles. The van der Waals surface area contributed by atoms with Crippen LogP contribution >= 0.6 is 0 Å². The van der Waals surface area contributed by atoms with Crippen LogP contribution in [0.25, 0.3) is 0 Å². The molecule has 0 spiro atoms. The molecule has 1 aromatic carbocycles. The summed E-state index contributed by atoms with van der Waals surface area (Å²) in [6.45, 7) is 7.39. The number of rotatable bonds is 3. The van der Waals surface area contributed by atoms with Crippen LogP contribution in [0.4, 0.5) is 21.8 Å². The van der Waals surface area contributed by atoms with Crippen molar-refractivity contribution in [1.29, 1.82) is 0 Å². The number of aryl methyl sites for hydroxylation is 1. The number of para-hydroxylation sites is 1. The number of halogens is 1. The molecular weight excluding hydrogens is 329 g/mol. The Morgan fingerprint density at radius 2 is 1.50 bits per heavy atom. The molecule has 0 saturated carbocycles. The molecule has 2 aromatic rings. The fourth-order valence-corrected chi connectivity index (χ4v) is 3.82. The van der Waals surface area contributed by atoms with Crippen LogP contribution in [-0.4, -0.2) is 49.2 Å². The van der Waals surface area contributed by atoms with Gasteiger partial charge in [0.05, 0.1) is 5.69 Å². The number of piperazine rings is 1. The third-order valence-corrected chi connectivity index (χ3v) is 5.26. The molecule has 2 aliphatic heterocycles. The van der Waals surface area contributed by atoms with Crippen LogP contribution in [-0.2, 0) is 0 Å². The van der Waals surface area contributed by atoms with Crippen molar-refractivity contribution in [3.8, 4) is 0 Å². The summed E-state index contributed by atoms with van der Waals surface area (Å²) >= 11 is 0. The van der Waals surface area contributed by atoms with Gasteiger partial charge in [-0.05, 0) is 38.3 Å². The molecule has 0 bridgehead atoms. The summed E-state index contributed by atoms with van der Waals surface area (Å²) in [6.07, 6.45) is 3.73. The van der Waals surface area contributed by atoms with E-state index in [1.165, 1.54) is 25.3 Å². The fraction of sp³-hybridized carbons (Fsp3) is 0.500. The van der Waals surface area contributed by atoms with Crippen molar-refractivity contribution >= 4 is 17.5 Å². The van der Waals surface area contributed by atoms with Crippen molar-refractivity contribution in [2.45, 2.75) is 26.2 Å². The molecule has 0 atom stereocenters. The first kappa shape index (κ1) is 17.1. The zero-order chi connectivity index (χ0) is 17.9. The topological polar surface area (TPSA) is 35.5 Å². The first-order valence-corrected chi connectivity index (χ1v) is 9.56. The minimum Gasteiger partial charge on any atom is -0.366 e. The van der Waals surface area contributed by atoms with E-state index in [1.54, 1.807) is 6.07 Å². The molecule has 0 unspecified atom stereocenters. The maximum Gasteiger partial charge on any atom is 0.227 e. The van der Waals surface area contributed by atoms with E-state index in [0.29, 0.717) is 5.69 Å². The Kier molecular flexibility index (Phi) is 4.91. The molecular formula is C20H26FN5. The molecule has 138 valence electrons. The second-order valence-electron chi connectivity index (χ2n) is 7.14. The minimum atomic E-state index is -0.147. The van der Waals surface area contributed by atoms with Gasteiger partial charge < -0.3 is 14.7 Å². The van der Waals surface area contributed by atoms with Gasteiger partial charge in [-0.25, -0.2) is 9.37 Å². The van der Waals surface area contributed by atoms with Gasteiger partial charge in [0.1, 0.15) is 11.6 Å². The predicted molar refractivity (Wildman–Crippen MR) is 104 cm³/mol. The van der Waals surface area contributed by atoms with Gasteiger partial charge in [-0.3, -0.25) is 0 Å². The molecule has 26 heavy (non-hydrogen) atoms.